The number of nitrogens with one attached hydrogen (secondary N) is 2. The molecule has 3 N–H and O–H groups in total. The third-order valence-electron chi connectivity index (χ3n) is 6.56. The molecule has 0 spiro atoms. The molecule has 1 atom stereocenters. The SMILES string of the molecule is O=C(C=Cc1ccc(CN[C@H](C(=O)OC2Cc3ccccc3C2)C2CCCCC2)cn1)NO. The summed E-state index contributed by atoms with van der Waals surface area (Å²) < 4.78 is 6.00. The van der Waals surface area contributed by atoms with Crippen molar-refractivity contribution in [1.82, 2.24) is 15.8 Å². The Hall–Kier alpha value is -3.03. The third-order valence-corrected chi connectivity index (χ3v) is 6.56. The number of carbonyl (C=O) groups is 2. The van der Waals surface area contributed by atoms with Gasteiger partial charge in [0.25, 0.3) is 5.91 Å². The molecule has 174 valence electrons. The second-order valence-electron chi connectivity index (χ2n) is 8.89. The summed E-state index contributed by atoms with van der Waals surface area (Å²) >= 11 is 0. The van der Waals surface area contributed by atoms with Crippen LogP contribution in [0.4, 0.5) is 0 Å². The highest BCUT2D eigenvalue weighted by Crippen LogP contribution is 2.29. The summed E-state index contributed by atoms with van der Waals surface area (Å²) in [5.41, 5.74) is 5.64. The van der Waals surface area contributed by atoms with Gasteiger partial charge in [-0.15, -0.1) is 0 Å². The van der Waals surface area contributed by atoms with E-state index in [4.69, 9.17) is 9.94 Å². The maximum absolute atomic E-state index is 13.2. The zero-order valence-corrected chi connectivity index (χ0v) is 18.7. The molecular formula is C26H31N3O4. The Morgan fingerprint density at radius 2 is 1.82 bits per heavy atom. The van der Waals surface area contributed by atoms with Crippen molar-refractivity contribution < 1.29 is 19.5 Å². The summed E-state index contributed by atoms with van der Waals surface area (Å²) in [6.45, 7) is 0.509. The Balaban J connectivity index is 1.37. The van der Waals surface area contributed by atoms with Crippen LogP contribution in [-0.2, 0) is 33.7 Å². The number of rotatable bonds is 8. The standard InChI is InChI=1S/C26H31N3O4/c30-24(29-32)13-12-22-11-10-18(16-27-22)17-28-25(19-6-2-1-3-7-19)26(31)33-23-14-20-8-4-5-9-21(20)15-23/h4-5,8-13,16,19,23,25,28,32H,1-3,6-7,14-15,17H2,(H,29,30)/t25-/m0/s1. The van der Waals surface area contributed by atoms with E-state index in [0.29, 0.717) is 12.2 Å². The average Bonchev–Trinajstić information content (AvgIpc) is 3.26. The van der Waals surface area contributed by atoms with Crippen molar-refractivity contribution in [1.29, 1.82) is 0 Å². The van der Waals surface area contributed by atoms with E-state index in [1.807, 2.05) is 18.2 Å². The van der Waals surface area contributed by atoms with Gasteiger partial charge in [-0.3, -0.25) is 19.8 Å². The molecule has 7 heteroatoms. The van der Waals surface area contributed by atoms with Crippen LogP contribution in [0.25, 0.3) is 6.08 Å². The van der Waals surface area contributed by atoms with Crippen molar-refractivity contribution in [3.63, 3.8) is 0 Å². The Kier molecular flexibility index (Phi) is 7.86. The van der Waals surface area contributed by atoms with Crippen LogP contribution in [0.5, 0.6) is 0 Å². The van der Waals surface area contributed by atoms with Gasteiger partial charge in [0, 0.05) is 31.7 Å². The zero-order valence-electron chi connectivity index (χ0n) is 18.7. The van der Waals surface area contributed by atoms with Crippen LogP contribution in [0.1, 0.15) is 54.5 Å². The van der Waals surface area contributed by atoms with Crippen LogP contribution in [0, 0.1) is 5.92 Å². The van der Waals surface area contributed by atoms with Crippen molar-refractivity contribution in [3.05, 3.63) is 71.1 Å². The number of amides is 1. The van der Waals surface area contributed by atoms with Crippen LogP contribution in [0.2, 0.25) is 0 Å². The Bertz CT molecular complexity index is 958. The van der Waals surface area contributed by atoms with Crippen LogP contribution in [0.3, 0.4) is 0 Å². The highest BCUT2D eigenvalue weighted by Gasteiger charge is 2.33. The maximum atomic E-state index is 13.2. The summed E-state index contributed by atoms with van der Waals surface area (Å²) in [6.07, 6.45) is 11.5. The molecule has 1 fully saturated rings. The number of ether oxygens (including phenoxy) is 1. The lowest BCUT2D eigenvalue weighted by Crippen LogP contribution is -2.45. The fraction of sp³-hybridized carbons (Fsp3) is 0.423. The van der Waals surface area contributed by atoms with Crippen LogP contribution >= 0.6 is 0 Å². The Labute approximate surface area is 194 Å². The Morgan fingerprint density at radius 3 is 2.45 bits per heavy atom. The van der Waals surface area contributed by atoms with Crippen molar-refractivity contribution in [3.8, 4) is 0 Å². The first-order valence-corrected chi connectivity index (χ1v) is 11.7. The number of carbonyl (C=O) groups excluding carboxylic acids is 2. The molecule has 2 aliphatic carbocycles. The van der Waals surface area contributed by atoms with Gasteiger partial charge in [0.05, 0.1) is 5.69 Å². The normalized spacial score (nSPS) is 17.6. The molecule has 2 aliphatic rings. The number of pyridine rings is 1. The molecule has 0 bridgehead atoms. The van der Waals surface area contributed by atoms with Crippen LogP contribution in [0.15, 0.2) is 48.7 Å². The largest absolute Gasteiger partial charge is 0.460 e. The van der Waals surface area contributed by atoms with Crippen molar-refractivity contribution >= 4 is 18.0 Å². The molecule has 2 aromatic rings. The van der Waals surface area contributed by atoms with Crippen molar-refractivity contribution in [2.24, 2.45) is 5.92 Å². The molecule has 1 heterocycles. The predicted molar refractivity (Wildman–Crippen MR) is 124 cm³/mol. The molecule has 7 nitrogen and oxygen atoms in total. The second-order valence-corrected chi connectivity index (χ2v) is 8.89. The summed E-state index contributed by atoms with van der Waals surface area (Å²) in [5.74, 6) is -0.480. The number of nitrogens with zero attached hydrogens (tertiary/aromatic N) is 1. The topological polar surface area (TPSA) is 101 Å². The minimum absolute atomic E-state index is 0.0911. The van der Waals surface area contributed by atoms with Gasteiger partial charge >= 0.3 is 5.97 Å². The lowest BCUT2D eigenvalue weighted by molar-refractivity contribution is -0.153. The van der Waals surface area contributed by atoms with E-state index in [0.717, 1.165) is 44.1 Å². The van der Waals surface area contributed by atoms with E-state index in [-0.39, 0.29) is 24.0 Å². The molecule has 0 aliphatic heterocycles. The molecule has 0 radical (unpaired) electrons. The number of benzene rings is 1. The van der Waals surface area contributed by atoms with Gasteiger partial charge in [-0.25, -0.2) is 5.48 Å². The first-order valence-electron chi connectivity index (χ1n) is 11.7. The minimum atomic E-state index is -0.610. The molecule has 33 heavy (non-hydrogen) atoms. The number of hydrogen-bond acceptors (Lipinski definition) is 6. The van der Waals surface area contributed by atoms with Gasteiger partial charge in [0.15, 0.2) is 0 Å². The van der Waals surface area contributed by atoms with E-state index >= 15 is 0 Å². The van der Waals surface area contributed by atoms with E-state index < -0.39 is 5.91 Å². The minimum Gasteiger partial charge on any atom is -0.460 e. The third kappa shape index (κ3) is 6.27. The molecule has 1 aromatic heterocycles. The van der Waals surface area contributed by atoms with E-state index in [1.54, 1.807) is 17.7 Å². The van der Waals surface area contributed by atoms with Crippen LogP contribution < -0.4 is 10.8 Å². The molecule has 1 aromatic carbocycles. The molecule has 1 saturated carbocycles. The maximum Gasteiger partial charge on any atom is 0.323 e. The van der Waals surface area contributed by atoms with E-state index in [1.165, 1.54) is 29.7 Å². The van der Waals surface area contributed by atoms with Gasteiger partial charge in [0.2, 0.25) is 0 Å². The van der Waals surface area contributed by atoms with Gasteiger partial charge in [-0.05, 0) is 47.6 Å². The number of esters is 1. The summed E-state index contributed by atoms with van der Waals surface area (Å²) in [4.78, 5) is 28.7. The number of fused-ring (bicyclic) bond motifs is 1. The highest BCUT2D eigenvalue weighted by atomic mass is 16.5. The van der Waals surface area contributed by atoms with Crippen molar-refractivity contribution in [2.45, 2.75) is 63.6 Å². The lowest BCUT2D eigenvalue weighted by atomic mass is 9.83. The van der Waals surface area contributed by atoms with Gasteiger partial charge in [0.1, 0.15) is 12.1 Å². The average molecular weight is 450 g/mol. The summed E-state index contributed by atoms with van der Waals surface area (Å²) in [7, 11) is 0. The number of hydroxylamine groups is 1. The molecule has 0 saturated heterocycles. The molecule has 4 rings (SSSR count). The second kappa shape index (κ2) is 11.2. The number of hydrogen-bond donors (Lipinski definition) is 3. The van der Waals surface area contributed by atoms with Gasteiger partial charge in [-0.1, -0.05) is 49.6 Å². The predicted octanol–water partition coefficient (Wildman–Crippen LogP) is 3.35. The first-order chi connectivity index (χ1) is 16.1. The fourth-order valence-electron chi connectivity index (χ4n) is 4.81. The summed E-state index contributed by atoms with van der Waals surface area (Å²) in [5, 5.41) is 12.0. The fourth-order valence-corrected chi connectivity index (χ4v) is 4.81. The summed E-state index contributed by atoms with van der Waals surface area (Å²) in [6, 6.07) is 11.7. The smallest absolute Gasteiger partial charge is 0.323 e. The zero-order chi connectivity index (χ0) is 23.0. The lowest BCUT2D eigenvalue weighted by Gasteiger charge is -2.30. The van der Waals surface area contributed by atoms with E-state index in [2.05, 4.69) is 22.4 Å². The Morgan fingerprint density at radius 1 is 1.09 bits per heavy atom. The quantitative estimate of drug-likeness (QED) is 0.247. The molecule has 1 amide bonds. The van der Waals surface area contributed by atoms with Crippen LogP contribution in [-0.4, -0.2) is 34.2 Å². The molecular weight excluding hydrogens is 418 g/mol. The van der Waals surface area contributed by atoms with E-state index in [9.17, 15) is 9.59 Å². The van der Waals surface area contributed by atoms with Crippen molar-refractivity contribution in [2.75, 3.05) is 0 Å². The van der Waals surface area contributed by atoms with Gasteiger partial charge < -0.3 is 10.1 Å². The number of aromatic nitrogens is 1. The molecule has 0 unspecified atom stereocenters. The highest BCUT2D eigenvalue weighted by molar-refractivity contribution is 5.90. The van der Waals surface area contributed by atoms with Gasteiger partial charge in [-0.2, -0.15) is 0 Å². The first kappa shape index (κ1) is 23.1. The monoisotopic (exact) mass is 449 g/mol.